The lowest BCUT2D eigenvalue weighted by molar-refractivity contribution is -0.261. The van der Waals surface area contributed by atoms with Gasteiger partial charge in [-0.3, -0.25) is 9.59 Å². The SMILES string of the molecule is CCOC(=O)[C@]12Oc3ccc(Br)cc3C(=O)[C@H]1[C@@H]1C(=O)c3cc(Br)ccc3O[C@@]12C(=O)OCC. The first-order valence-electron chi connectivity index (χ1n) is 10.6. The second-order valence-corrected chi connectivity index (χ2v) is 9.91. The highest BCUT2D eigenvalue weighted by molar-refractivity contribution is 9.10. The Morgan fingerprint density at radius 3 is 1.53 bits per heavy atom. The molecular weight excluding hydrogens is 576 g/mol. The molecule has 2 heterocycles. The molecule has 1 aliphatic carbocycles. The van der Waals surface area contributed by atoms with E-state index >= 15 is 0 Å². The summed E-state index contributed by atoms with van der Waals surface area (Å²) in [6.07, 6.45) is 0. The monoisotopic (exact) mass is 592 g/mol. The molecule has 34 heavy (non-hydrogen) atoms. The molecule has 0 saturated heterocycles. The number of halogens is 2. The van der Waals surface area contributed by atoms with Gasteiger partial charge < -0.3 is 18.9 Å². The summed E-state index contributed by atoms with van der Waals surface area (Å²) in [5.74, 6) is -5.52. The summed E-state index contributed by atoms with van der Waals surface area (Å²) < 4.78 is 24.2. The fraction of sp³-hybridized carbons (Fsp3) is 0.333. The van der Waals surface area contributed by atoms with Crippen LogP contribution in [-0.2, 0) is 19.1 Å². The van der Waals surface area contributed by atoms with E-state index in [1.54, 1.807) is 38.1 Å². The van der Waals surface area contributed by atoms with Gasteiger partial charge in [-0.05, 0) is 50.2 Å². The number of carbonyl (C=O) groups excluding carboxylic acids is 4. The molecule has 5 rings (SSSR count). The van der Waals surface area contributed by atoms with Crippen molar-refractivity contribution in [2.75, 3.05) is 13.2 Å². The highest BCUT2D eigenvalue weighted by atomic mass is 79.9. The average Bonchev–Trinajstić information content (AvgIpc) is 2.79. The Bertz CT molecular complexity index is 1180. The van der Waals surface area contributed by atoms with Crippen molar-refractivity contribution in [1.29, 1.82) is 0 Å². The molecule has 2 aliphatic heterocycles. The van der Waals surface area contributed by atoms with Gasteiger partial charge in [-0.25, -0.2) is 9.59 Å². The summed E-state index contributed by atoms with van der Waals surface area (Å²) >= 11 is 6.66. The molecule has 0 unspecified atom stereocenters. The van der Waals surface area contributed by atoms with E-state index in [9.17, 15) is 19.2 Å². The fourth-order valence-corrected chi connectivity index (χ4v) is 5.87. The summed E-state index contributed by atoms with van der Waals surface area (Å²) in [5.41, 5.74) is -4.11. The zero-order valence-electron chi connectivity index (χ0n) is 18.1. The third kappa shape index (κ3) is 2.75. The van der Waals surface area contributed by atoms with Crippen LogP contribution in [0.15, 0.2) is 45.3 Å². The topological polar surface area (TPSA) is 105 Å². The maximum absolute atomic E-state index is 13.8. The molecule has 2 aromatic carbocycles. The van der Waals surface area contributed by atoms with Gasteiger partial charge in [-0.15, -0.1) is 0 Å². The number of Topliss-reactive ketones (excluding diaryl/α,β-unsaturated/α-hetero) is 2. The number of ether oxygens (including phenoxy) is 4. The van der Waals surface area contributed by atoms with Crippen LogP contribution >= 0.6 is 31.9 Å². The van der Waals surface area contributed by atoms with Crippen LogP contribution in [0.5, 0.6) is 11.5 Å². The number of fused-ring (bicyclic) bond motifs is 6. The van der Waals surface area contributed by atoms with Gasteiger partial charge in [0.2, 0.25) is 0 Å². The minimum absolute atomic E-state index is 0.0426. The quantitative estimate of drug-likeness (QED) is 0.491. The molecule has 2 aromatic rings. The van der Waals surface area contributed by atoms with Crippen molar-refractivity contribution in [2.24, 2.45) is 11.8 Å². The van der Waals surface area contributed by atoms with Crippen LogP contribution in [-0.4, -0.2) is 47.9 Å². The number of hydrogen-bond acceptors (Lipinski definition) is 8. The zero-order valence-corrected chi connectivity index (χ0v) is 21.2. The summed E-state index contributed by atoms with van der Waals surface area (Å²) in [6, 6.07) is 9.40. The summed E-state index contributed by atoms with van der Waals surface area (Å²) in [7, 11) is 0. The molecule has 4 atom stereocenters. The van der Waals surface area contributed by atoms with Crippen molar-refractivity contribution >= 4 is 55.4 Å². The third-order valence-corrected chi connectivity index (χ3v) is 7.43. The number of esters is 2. The molecule has 0 spiro atoms. The highest BCUT2D eigenvalue weighted by Gasteiger charge is 2.90. The molecular formula is C24H18Br2O8. The number of rotatable bonds is 4. The van der Waals surface area contributed by atoms with Crippen LogP contribution in [0.1, 0.15) is 34.6 Å². The van der Waals surface area contributed by atoms with E-state index in [1.807, 2.05) is 0 Å². The van der Waals surface area contributed by atoms with E-state index < -0.39 is 46.5 Å². The molecule has 176 valence electrons. The second kappa shape index (κ2) is 7.91. The van der Waals surface area contributed by atoms with Crippen LogP contribution in [0.3, 0.4) is 0 Å². The summed E-state index contributed by atoms with van der Waals surface area (Å²) in [5, 5.41) is 0. The van der Waals surface area contributed by atoms with Crippen LogP contribution in [0, 0.1) is 11.8 Å². The molecule has 10 heteroatoms. The lowest BCUT2D eigenvalue weighted by Gasteiger charge is -2.64. The molecule has 3 aliphatic rings. The van der Waals surface area contributed by atoms with Gasteiger partial charge in [0, 0.05) is 8.95 Å². The molecule has 0 radical (unpaired) electrons. The van der Waals surface area contributed by atoms with E-state index in [2.05, 4.69) is 31.9 Å². The first-order valence-corrected chi connectivity index (χ1v) is 12.2. The van der Waals surface area contributed by atoms with E-state index in [0.717, 1.165) is 0 Å². The smallest absolute Gasteiger partial charge is 0.356 e. The number of benzene rings is 2. The first-order chi connectivity index (χ1) is 16.2. The van der Waals surface area contributed by atoms with Crippen molar-refractivity contribution in [1.82, 2.24) is 0 Å². The lowest BCUT2D eigenvalue weighted by atomic mass is 9.45. The number of ketones is 2. The van der Waals surface area contributed by atoms with Crippen molar-refractivity contribution in [2.45, 2.75) is 25.0 Å². The maximum Gasteiger partial charge on any atom is 0.356 e. The van der Waals surface area contributed by atoms with Crippen molar-refractivity contribution in [3.63, 3.8) is 0 Å². The van der Waals surface area contributed by atoms with Crippen molar-refractivity contribution in [3.8, 4) is 11.5 Å². The largest absolute Gasteiger partial charge is 0.469 e. The Labute approximate surface area is 211 Å². The summed E-state index contributed by atoms with van der Waals surface area (Å²) in [4.78, 5) is 54.6. The predicted molar refractivity (Wildman–Crippen MR) is 124 cm³/mol. The summed E-state index contributed by atoms with van der Waals surface area (Å²) in [6.45, 7) is 3.09. The van der Waals surface area contributed by atoms with Gasteiger partial charge in [0.25, 0.3) is 11.2 Å². The van der Waals surface area contributed by atoms with Crippen LogP contribution in [0.2, 0.25) is 0 Å². The van der Waals surface area contributed by atoms with E-state index in [0.29, 0.717) is 8.95 Å². The van der Waals surface area contributed by atoms with Gasteiger partial charge in [-0.2, -0.15) is 0 Å². The molecule has 1 saturated carbocycles. The van der Waals surface area contributed by atoms with Gasteiger partial charge in [0.15, 0.2) is 11.6 Å². The molecule has 1 fully saturated rings. The van der Waals surface area contributed by atoms with E-state index in [1.165, 1.54) is 12.1 Å². The van der Waals surface area contributed by atoms with Crippen LogP contribution in [0.4, 0.5) is 0 Å². The Hall–Kier alpha value is -2.72. The van der Waals surface area contributed by atoms with Crippen molar-refractivity contribution in [3.05, 3.63) is 56.5 Å². The normalized spacial score (nSPS) is 28.1. The Balaban J connectivity index is 1.80. The Kier molecular flexibility index (Phi) is 5.36. The standard InChI is InChI=1S/C24H18Br2O8/c1-3-31-21(29)23-17(19(27)13-9-11(25)5-7-15(13)33-23)18-20(28)14-10-12(26)6-8-16(14)34-24(18,23)22(30)32-4-2/h5-10,17-18H,3-4H2,1-2H3/t17-,18-,23-,24-/m1/s1. The zero-order chi connectivity index (χ0) is 24.4. The van der Waals surface area contributed by atoms with Gasteiger partial charge in [0.05, 0.1) is 36.2 Å². The fourth-order valence-electron chi connectivity index (χ4n) is 5.15. The molecule has 0 amide bonds. The van der Waals surface area contributed by atoms with E-state index in [4.69, 9.17) is 18.9 Å². The maximum atomic E-state index is 13.8. The number of hydrogen-bond donors (Lipinski definition) is 0. The second-order valence-electron chi connectivity index (χ2n) is 8.08. The minimum Gasteiger partial charge on any atom is -0.469 e. The Morgan fingerprint density at radius 2 is 1.18 bits per heavy atom. The molecule has 0 bridgehead atoms. The number of carbonyl (C=O) groups is 4. The molecule has 0 aromatic heterocycles. The van der Waals surface area contributed by atoms with Gasteiger partial charge in [-0.1, -0.05) is 31.9 Å². The minimum atomic E-state index is -2.24. The van der Waals surface area contributed by atoms with Crippen molar-refractivity contribution < 1.29 is 38.1 Å². The molecule has 0 N–H and O–H groups in total. The first kappa shape index (κ1) is 23.0. The van der Waals surface area contributed by atoms with Crippen LogP contribution in [0.25, 0.3) is 0 Å². The van der Waals surface area contributed by atoms with Gasteiger partial charge >= 0.3 is 11.9 Å². The van der Waals surface area contributed by atoms with Crippen LogP contribution < -0.4 is 9.47 Å². The van der Waals surface area contributed by atoms with Gasteiger partial charge in [0.1, 0.15) is 11.5 Å². The third-order valence-electron chi connectivity index (χ3n) is 6.44. The van der Waals surface area contributed by atoms with E-state index in [-0.39, 0.29) is 35.8 Å². The average molecular weight is 594 g/mol. The molecule has 8 nitrogen and oxygen atoms in total. The lowest BCUT2D eigenvalue weighted by Crippen LogP contribution is -2.90. The predicted octanol–water partition coefficient (Wildman–Crippen LogP) is 3.91. The Morgan fingerprint density at radius 1 is 0.794 bits per heavy atom. The highest BCUT2D eigenvalue weighted by Crippen LogP contribution is 2.64.